The van der Waals surface area contributed by atoms with E-state index in [-0.39, 0.29) is 11.4 Å². The second-order valence-corrected chi connectivity index (χ2v) is 5.31. The minimum absolute atomic E-state index is 0.0356. The molecule has 82 valence electrons. The molecule has 4 nitrogen and oxygen atoms in total. The van der Waals surface area contributed by atoms with E-state index in [9.17, 15) is 4.79 Å². The van der Waals surface area contributed by atoms with Crippen molar-refractivity contribution in [2.24, 2.45) is 5.92 Å². The van der Waals surface area contributed by atoms with Crippen molar-refractivity contribution in [3.63, 3.8) is 0 Å². The number of carboxylic acid groups (broad SMARTS) is 1. The van der Waals surface area contributed by atoms with Crippen LogP contribution < -0.4 is 5.32 Å². The molecule has 0 amide bonds. The zero-order chi connectivity index (χ0) is 11.2. The predicted octanol–water partition coefficient (Wildman–Crippen LogP) is 1.74. The Bertz CT molecular complexity index is 374. The second kappa shape index (κ2) is 3.48. The van der Waals surface area contributed by atoms with E-state index in [1.54, 1.807) is 11.8 Å². The number of hydrogen-bond acceptors (Lipinski definition) is 4. The lowest BCUT2D eigenvalue weighted by Gasteiger charge is -2.20. The molecule has 0 radical (unpaired) electrons. The molecule has 0 spiro atoms. The first-order valence-corrected chi connectivity index (χ1v) is 5.76. The van der Waals surface area contributed by atoms with Gasteiger partial charge in [-0.2, -0.15) is 0 Å². The first kappa shape index (κ1) is 10.4. The van der Waals surface area contributed by atoms with Gasteiger partial charge in [0.05, 0.1) is 5.70 Å². The number of thioether (sulfide) groups is 1. The molecule has 0 saturated heterocycles. The van der Waals surface area contributed by atoms with Gasteiger partial charge in [0.2, 0.25) is 0 Å². The Kier molecular flexibility index (Phi) is 2.42. The molecule has 15 heavy (non-hydrogen) atoms. The molecular formula is C10H14N2O2S. The number of rotatable bonds is 2. The minimum atomic E-state index is -0.875. The van der Waals surface area contributed by atoms with Crippen molar-refractivity contribution in [2.45, 2.75) is 26.3 Å². The van der Waals surface area contributed by atoms with Crippen molar-refractivity contribution in [2.75, 3.05) is 0 Å². The Morgan fingerprint density at radius 1 is 1.67 bits per heavy atom. The van der Waals surface area contributed by atoms with E-state index in [2.05, 4.69) is 5.32 Å². The molecule has 0 bridgehead atoms. The first-order valence-electron chi connectivity index (χ1n) is 4.88. The van der Waals surface area contributed by atoms with Gasteiger partial charge in [0.1, 0.15) is 5.70 Å². The molecule has 2 aliphatic rings. The number of allylic oxidation sites excluding steroid dienone is 2. The number of hydrogen-bond donors (Lipinski definition) is 2. The van der Waals surface area contributed by atoms with E-state index in [1.807, 2.05) is 31.9 Å². The van der Waals surface area contributed by atoms with Gasteiger partial charge < -0.3 is 15.3 Å². The summed E-state index contributed by atoms with van der Waals surface area (Å²) in [5.74, 6) is -0.670. The summed E-state index contributed by atoms with van der Waals surface area (Å²) in [6.45, 7) is 6.05. The molecule has 2 rings (SSSR count). The van der Waals surface area contributed by atoms with E-state index >= 15 is 0 Å². The third kappa shape index (κ3) is 1.61. The molecular weight excluding hydrogens is 212 g/mol. The maximum absolute atomic E-state index is 11.1. The maximum atomic E-state index is 11.1. The van der Waals surface area contributed by atoms with Crippen LogP contribution in [0.2, 0.25) is 0 Å². The van der Waals surface area contributed by atoms with Crippen LogP contribution in [0.3, 0.4) is 0 Å². The van der Waals surface area contributed by atoms with Crippen molar-refractivity contribution in [1.82, 2.24) is 10.2 Å². The third-order valence-corrected chi connectivity index (χ3v) is 3.48. The van der Waals surface area contributed by atoms with Gasteiger partial charge in [-0.25, -0.2) is 4.79 Å². The Morgan fingerprint density at radius 3 is 2.87 bits per heavy atom. The number of carbonyl (C=O) groups is 1. The van der Waals surface area contributed by atoms with Crippen molar-refractivity contribution in [3.8, 4) is 0 Å². The highest BCUT2D eigenvalue weighted by Gasteiger charge is 2.38. The van der Waals surface area contributed by atoms with E-state index in [0.29, 0.717) is 5.70 Å². The van der Waals surface area contributed by atoms with Gasteiger partial charge >= 0.3 is 5.97 Å². The lowest BCUT2D eigenvalue weighted by atomic mass is 10.1. The molecule has 2 N–H and O–H groups in total. The summed E-state index contributed by atoms with van der Waals surface area (Å²) < 4.78 is 0. The SMILES string of the molecule is CC1=CN2C(C(C)C)=C(C(=O)O)N[C@@H]2S1. The highest BCUT2D eigenvalue weighted by atomic mass is 32.2. The smallest absolute Gasteiger partial charge is 0.353 e. The molecule has 0 saturated carbocycles. The Balaban J connectivity index is 2.39. The van der Waals surface area contributed by atoms with Crippen LogP contribution in [-0.2, 0) is 4.79 Å². The summed E-state index contributed by atoms with van der Waals surface area (Å²) in [5, 5.41) is 12.1. The average molecular weight is 226 g/mol. The molecule has 0 unspecified atom stereocenters. The molecule has 5 heteroatoms. The van der Waals surface area contributed by atoms with Crippen molar-refractivity contribution in [1.29, 1.82) is 0 Å². The Morgan fingerprint density at radius 2 is 2.33 bits per heavy atom. The van der Waals surface area contributed by atoms with Crippen LogP contribution in [0.25, 0.3) is 0 Å². The molecule has 0 aliphatic carbocycles. The van der Waals surface area contributed by atoms with Crippen LogP contribution in [0.4, 0.5) is 0 Å². The largest absolute Gasteiger partial charge is 0.477 e. The summed E-state index contributed by atoms with van der Waals surface area (Å²) in [6.07, 6.45) is 2.01. The number of aliphatic carboxylic acids is 1. The van der Waals surface area contributed by atoms with Crippen molar-refractivity contribution >= 4 is 17.7 Å². The number of fused-ring (bicyclic) bond motifs is 1. The van der Waals surface area contributed by atoms with Gasteiger partial charge in [-0.3, -0.25) is 0 Å². The number of nitrogens with zero attached hydrogens (tertiary/aromatic N) is 1. The molecule has 1 atom stereocenters. The molecule has 0 aromatic heterocycles. The van der Waals surface area contributed by atoms with Crippen molar-refractivity contribution < 1.29 is 9.90 Å². The van der Waals surface area contributed by atoms with Gasteiger partial charge in [-0.15, -0.1) is 0 Å². The van der Waals surface area contributed by atoms with Gasteiger partial charge in [0, 0.05) is 11.1 Å². The summed E-state index contributed by atoms with van der Waals surface area (Å²) in [6, 6.07) is 0. The van der Waals surface area contributed by atoms with Gasteiger partial charge in [0.15, 0.2) is 5.50 Å². The quantitative estimate of drug-likeness (QED) is 0.751. The molecule has 0 fully saturated rings. The fourth-order valence-corrected chi connectivity index (χ4v) is 2.90. The van der Waals surface area contributed by atoms with Crippen molar-refractivity contribution in [3.05, 3.63) is 22.5 Å². The lowest BCUT2D eigenvalue weighted by molar-refractivity contribution is -0.133. The van der Waals surface area contributed by atoms with Crippen LogP contribution in [0.5, 0.6) is 0 Å². The molecule has 0 aromatic rings. The van der Waals surface area contributed by atoms with E-state index in [0.717, 1.165) is 5.70 Å². The summed E-state index contributed by atoms with van der Waals surface area (Å²) in [4.78, 5) is 14.3. The monoisotopic (exact) mass is 226 g/mol. The fourth-order valence-electron chi connectivity index (χ4n) is 1.91. The normalized spacial score (nSPS) is 24.4. The van der Waals surface area contributed by atoms with E-state index in [4.69, 9.17) is 5.11 Å². The highest BCUT2D eigenvalue weighted by Crippen LogP contribution is 2.40. The van der Waals surface area contributed by atoms with Crippen LogP contribution in [0.15, 0.2) is 22.5 Å². The van der Waals surface area contributed by atoms with Crippen LogP contribution in [0.1, 0.15) is 20.8 Å². The molecule has 2 aliphatic heterocycles. The van der Waals surface area contributed by atoms with Crippen LogP contribution in [-0.4, -0.2) is 21.5 Å². The molecule has 2 heterocycles. The topological polar surface area (TPSA) is 52.6 Å². The minimum Gasteiger partial charge on any atom is -0.477 e. The highest BCUT2D eigenvalue weighted by molar-refractivity contribution is 8.03. The summed E-state index contributed by atoms with van der Waals surface area (Å²) >= 11 is 1.65. The standard InChI is InChI=1S/C10H14N2O2S/c1-5(2)8-7(9(13)14)11-10-12(8)4-6(3)15-10/h4-5,10-11H,1-3H3,(H,13,14)/t10-/m0/s1. The Hall–Kier alpha value is -1.10. The second-order valence-electron chi connectivity index (χ2n) is 3.98. The van der Waals surface area contributed by atoms with Crippen LogP contribution >= 0.6 is 11.8 Å². The number of carboxylic acids is 1. The third-order valence-electron chi connectivity index (χ3n) is 2.43. The fraction of sp³-hybridized carbons (Fsp3) is 0.500. The van der Waals surface area contributed by atoms with E-state index < -0.39 is 5.97 Å². The Labute approximate surface area is 93.0 Å². The van der Waals surface area contributed by atoms with Crippen LogP contribution in [0, 0.1) is 5.92 Å². The predicted molar refractivity (Wildman–Crippen MR) is 59.6 cm³/mol. The van der Waals surface area contributed by atoms with Gasteiger partial charge in [0.25, 0.3) is 0 Å². The molecule has 0 aromatic carbocycles. The zero-order valence-corrected chi connectivity index (χ0v) is 9.76. The van der Waals surface area contributed by atoms with Gasteiger partial charge in [-0.05, 0) is 12.8 Å². The number of nitrogens with one attached hydrogen (secondary N) is 1. The zero-order valence-electron chi connectivity index (χ0n) is 8.94. The van der Waals surface area contributed by atoms with E-state index in [1.165, 1.54) is 4.91 Å². The summed E-state index contributed by atoms with van der Waals surface area (Å²) in [7, 11) is 0. The maximum Gasteiger partial charge on any atom is 0.353 e. The van der Waals surface area contributed by atoms with Gasteiger partial charge in [-0.1, -0.05) is 25.6 Å². The lowest BCUT2D eigenvalue weighted by Crippen LogP contribution is -2.29. The first-order chi connectivity index (χ1) is 7.00. The summed E-state index contributed by atoms with van der Waals surface area (Å²) in [5.41, 5.74) is 1.25. The average Bonchev–Trinajstić information content (AvgIpc) is 2.58.